The zero-order valence-corrected chi connectivity index (χ0v) is 41.8. The summed E-state index contributed by atoms with van der Waals surface area (Å²) in [6.45, 7) is 25.0. The van der Waals surface area contributed by atoms with Crippen LogP contribution in [0.3, 0.4) is 0 Å². The molecule has 0 aromatic heterocycles. The maximum atomic E-state index is 2.85. The van der Waals surface area contributed by atoms with Crippen LogP contribution in [0.4, 0.5) is 17.1 Å². The van der Waals surface area contributed by atoms with Gasteiger partial charge in [-0.3, -0.25) is 0 Å². The van der Waals surface area contributed by atoms with Crippen LogP contribution in [0.15, 0.2) is 109 Å². The Labute approximate surface area is 397 Å². The van der Waals surface area contributed by atoms with Crippen molar-refractivity contribution in [1.29, 1.82) is 0 Å². The highest BCUT2D eigenvalue weighted by atomic mass is 15.1. The Kier molecular flexibility index (Phi) is 7.79. The lowest BCUT2D eigenvalue weighted by Crippen LogP contribution is -2.75. The number of anilines is 3. The number of fused-ring (bicyclic) bond motifs is 12. The molecule has 0 aliphatic heterocycles. The van der Waals surface area contributed by atoms with E-state index in [0.717, 1.165) is 36.5 Å². The molecule has 1 heteroatoms. The van der Waals surface area contributed by atoms with Crippen molar-refractivity contribution in [3.8, 4) is 11.1 Å². The van der Waals surface area contributed by atoms with Crippen LogP contribution in [0.1, 0.15) is 184 Å². The molecule has 8 unspecified atom stereocenters. The quantitative estimate of drug-likeness (QED) is 0.198. The fraction of sp³-hybridized carbons (Fsp3) is 0.508. The van der Waals surface area contributed by atoms with Crippen LogP contribution in [0.25, 0.3) is 16.7 Å². The second-order valence-corrected chi connectivity index (χ2v) is 27.0. The van der Waals surface area contributed by atoms with Crippen molar-refractivity contribution in [2.45, 2.75) is 172 Å². The second-order valence-electron chi connectivity index (χ2n) is 27.0. The van der Waals surface area contributed by atoms with Gasteiger partial charge in [0.05, 0.1) is 5.69 Å². The maximum absolute atomic E-state index is 2.85. The summed E-state index contributed by atoms with van der Waals surface area (Å²) < 4.78 is 0. The predicted molar refractivity (Wildman–Crippen MR) is 277 cm³/mol. The standard InChI is InChI=1S/C65H73N/c1-59(2)25-27-61(5,6)54-31-39(19-23-50(54)59)46-35-47-44-16-12-14-18-49(44)65(57-30-38-29-40-32-58(65)64(40,57)37-38)53(47)36-56(46)66(42-21-24-51-55(34-42)62(7,8)28-26-60(51,3)4)41-20-22-45-43-15-11-13-17-48(43)63(9,10)52(45)33-41/h11-12,14-16,18-24,31,33-36,38,40,44,49,57-58H,13,17,25-30,32,37H2,1-10H3. The highest BCUT2D eigenvalue weighted by Gasteiger charge is 2.85. The zero-order chi connectivity index (χ0) is 45.3. The average Bonchev–Trinajstić information content (AvgIpc) is 3.98. The Hall–Kier alpha value is -4.36. The van der Waals surface area contributed by atoms with E-state index in [2.05, 4.69) is 177 Å². The maximum Gasteiger partial charge on any atom is 0.0543 e. The summed E-state index contributed by atoms with van der Waals surface area (Å²) in [5, 5.41) is 0. The fourth-order valence-corrected chi connectivity index (χ4v) is 18.4. The third kappa shape index (κ3) is 4.85. The van der Waals surface area contributed by atoms with Gasteiger partial charge in [0.15, 0.2) is 0 Å². The fourth-order valence-electron chi connectivity index (χ4n) is 18.4. The molecule has 1 nitrogen and oxygen atoms in total. The van der Waals surface area contributed by atoms with Crippen molar-refractivity contribution in [3.63, 3.8) is 0 Å². The molecule has 0 radical (unpaired) electrons. The van der Waals surface area contributed by atoms with Gasteiger partial charge in [-0.05, 0) is 213 Å². The lowest BCUT2D eigenvalue weighted by Gasteiger charge is -2.78. The van der Waals surface area contributed by atoms with Gasteiger partial charge >= 0.3 is 0 Å². The SMILES string of the molecule is CC1(C)CCC(C)(C)c2cc(-c3cc4c(cc3N(c3ccc5c(c3)C(C)(C)CCC5(C)C)c3ccc5c(c3)C(C)(C)C3=C5C=CCC3)C3(C5C=CC=CC45)C4CC5CC6CC3C64C5)ccc21. The molecule has 4 saturated carbocycles. The summed E-state index contributed by atoms with van der Waals surface area (Å²) in [6, 6.07) is 28.7. The van der Waals surface area contributed by atoms with Crippen molar-refractivity contribution in [1.82, 2.24) is 0 Å². The first kappa shape index (κ1) is 40.7. The van der Waals surface area contributed by atoms with Crippen LogP contribution >= 0.6 is 0 Å². The molecule has 4 aromatic rings. The van der Waals surface area contributed by atoms with E-state index in [1.165, 1.54) is 107 Å². The van der Waals surface area contributed by atoms with E-state index < -0.39 is 0 Å². The van der Waals surface area contributed by atoms with Crippen molar-refractivity contribution in [2.24, 2.45) is 35.0 Å². The summed E-state index contributed by atoms with van der Waals surface area (Å²) in [6.07, 6.45) is 28.1. The number of hydrogen-bond donors (Lipinski definition) is 0. The molecule has 66 heavy (non-hydrogen) atoms. The van der Waals surface area contributed by atoms with E-state index in [4.69, 9.17) is 0 Å². The first-order valence-corrected chi connectivity index (χ1v) is 26.6. The van der Waals surface area contributed by atoms with Crippen LogP contribution in [-0.4, -0.2) is 0 Å². The number of benzene rings is 4. The second kappa shape index (κ2) is 12.6. The van der Waals surface area contributed by atoms with Crippen LogP contribution in [0.5, 0.6) is 0 Å². The Balaban J connectivity index is 1.06. The van der Waals surface area contributed by atoms with Crippen LogP contribution in [0, 0.1) is 35.0 Å². The molecule has 0 saturated heterocycles. The predicted octanol–water partition coefficient (Wildman–Crippen LogP) is 17.1. The molecular formula is C65H73N. The average molecular weight is 868 g/mol. The molecule has 4 fully saturated rings. The molecular weight excluding hydrogens is 795 g/mol. The first-order chi connectivity index (χ1) is 31.4. The smallest absolute Gasteiger partial charge is 0.0543 e. The van der Waals surface area contributed by atoms with Gasteiger partial charge in [-0.1, -0.05) is 142 Å². The topological polar surface area (TPSA) is 3.24 Å². The monoisotopic (exact) mass is 868 g/mol. The van der Waals surface area contributed by atoms with Crippen molar-refractivity contribution < 1.29 is 0 Å². The third-order valence-corrected chi connectivity index (χ3v) is 21.9. The van der Waals surface area contributed by atoms with Crippen LogP contribution < -0.4 is 4.90 Å². The number of nitrogens with zero attached hydrogens (tertiary/aromatic N) is 1. The minimum absolute atomic E-state index is 0.0160. The molecule has 14 rings (SSSR count). The van der Waals surface area contributed by atoms with E-state index in [1.807, 2.05) is 0 Å². The highest BCUT2D eigenvalue weighted by molar-refractivity contribution is 5.93. The lowest BCUT2D eigenvalue weighted by atomic mass is 9.26. The summed E-state index contributed by atoms with van der Waals surface area (Å²) in [5.74, 6) is 4.54. The molecule has 2 spiro atoms. The van der Waals surface area contributed by atoms with Crippen molar-refractivity contribution in [3.05, 3.63) is 153 Å². The minimum atomic E-state index is -0.0160. The van der Waals surface area contributed by atoms with Gasteiger partial charge in [0.1, 0.15) is 0 Å². The number of allylic oxidation sites excluding steroid dienone is 8. The Bertz CT molecular complexity index is 2970. The number of hydrogen-bond acceptors (Lipinski definition) is 1. The van der Waals surface area contributed by atoms with Gasteiger partial charge in [-0.25, -0.2) is 0 Å². The Morgan fingerprint density at radius 3 is 1.92 bits per heavy atom. The van der Waals surface area contributed by atoms with E-state index >= 15 is 0 Å². The molecule has 2 bridgehead atoms. The highest BCUT2D eigenvalue weighted by Crippen LogP contribution is 2.90. The molecule has 338 valence electrons. The number of rotatable bonds is 4. The summed E-state index contributed by atoms with van der Waals surface area (Å²) in [5.41, 5.74) is 23.7. The summed E-state index contributed by atoms with van der Waals surface area (Å²) in [4.78, 5) is 2.78. The molecule has 8 atom stereocenters. The Morgan fingerprint density at radius 2 is 1.20 bits per heavy atom. The molecule has 0 N–H and O–H groups in total. The van der Waals surface area contributed by atoms with Crippen LogP contribution in [-0.2, 0) is 32.5 Å². The van der Waals surface area contributed by atoms with E-state index in [1.54, 1.807) is 27.8 Å². The lowest BCUT2D eigenvalue weighted by molar-refractivity contribution is -0.259. The van der Waals surface area contributed by atoms with Gasteiger partial charge in [-0.2, -0.15) is 0 Å². The largest absolute Gasteiger partial charge is 0.310 e. The van der Waals surface area contributed by atoms with E-state index in [0.29, 0.717) is 17.3 Å². The van der Waals surface area contributed by atoms with Gasteiger partial charge in [0, 0.05) is 33.7 Å². The van der Waals surface area contributed by atoms with E-state index in [9.17, 15) is 0 Å². The summed E-state index contributed by atoms with van der Waals surface area (Å²) in [7, 11) is 0. The molecule has 0 amide bonds. The van der Waals surface area contributed by atoms with Gasteiger partial charge in [0.2, 0.25) is 0 Å². The van der Waals surface area contributed by atoms with Gasteiger partial charge in [-0.15, -0.1) is 0 Å². The third-order valence-electron chi connectivity index (χ3n) is 21.9. The molecule has 0 heterocycles. The minimum Gasteiger partial charge on any atom is -0.310 e. The summed E-state index contributed by atoms with van der Waals surface area (Å²) >= 11 is 0. The Morgan fingerprint density at radius 1 is 0.561 bits per heavy atom. The van der Waals surface area contributed by atoms with Gasteiger partial charge in [0.25, 0.3) is 0 Å². The molecule has 4 aromatic carbocycles. The van der Waals surface area contributed by atoms with Crippen molar-refractivity contribution in [2.75, 3.05) is 4.90 Å². The zero-order valence-electron chi connectivity index (χ0n) is 41.8. The normalized spacial score (nSPS) is 34.7. The van der Waals surface area contributed by atoms with E-state index in [-0.39, 0.29) is 32.5 Å². The molecule has 10 aliphatic rings. The molecule has 10 aliphatic carbocycles. The first-order valence-electron chi connectivity index (χ1n) is 26.6. The van der Waals surface area contributed by atoms with Crippen molar-refractivity contribution >= 4 is 22.6 Å². The van der Waals surface area contributed by atoms with Crippen LogP contribution in [0.2, 0.25) is 0 Å². The van der Waals surface area contributed by atoms with Gasteiger partial charge < -0.3 is 4.90 Å².